The van der Waals surface area contributed by atoms with E-state index < -0.39 is 5.97 Å². The second-order valence-corrected chi connectivity index (χ2v) is 5.95. The van der Waals surface area contributed by atoms with Crippen molar-refractivity contribution in [1.29, 1.82) is 0 Å². The predicted octanol–water partition coefficient (Wildman–Crippen LogP) is 3.63. The lowest BCUT2D eigenvalue weighted by Gasteiger charge is -2.16. The van der Waals surface area contributed by atoms with E-state index in [0.717, 1.165) is 0 Å². The number of ketones is 2. The van der Waals surface area contributed by atoms with Gasteiger partial charge in [0.1, 0.15) is 0 Å². The summed E-state index contributed by atoms with van der Waals surface area (Å²) < 4.78 is 5.13. The van der Waals surface area contributed by atoms with Gasteiger partial charge in [0.2, 0.25) is 5.78 Å². The number of ether oxygens (including phenoxy) is 1. The topological polar surface area (TPSA) is 72.5 Å². The fraction of sp³-hybridized carbons (Fsp3) is 0.150. The Morgan fingerprint density at radius 1 is 0.960 bits per heavy atom. The molecular formula is C20H17NO4. The summed E-state index contributed by atoms with van der Waals surface area (Å²) in [6.07, 6.45) is 1.10. The third-order valence-corrected chi connectivity index (χ3v) is 3.70. The molecule has 0 radical (unpaired) electrons. The largest absolute Gasteiger partial charge is 0.459 e. The number of anilines is 1. The minimum Gasteiger partial charge on any atom is -0.459 e. The summed E-state index contributed by atoms with van der Waals surface area (Å²) in [6, 6.07) is 13.3. The molecule has 0 saturated heterocycles. The van der Waals surface area contributed by atoms with Crippen LogP contribution in [-0.2, 0) is 4.74 Å². The van der Waals surface area contributed by atoms with Gasteiger partial charge < -0.3 is 10.1 Å². The molecule has 0 amide bonds. The second-order valence-electron chi connectivity index (χ2n) is 5.95. The fourth-order valence-corrected chi connectivity index (χ4v) is 2.54. The lowest BCUT2D eigenvalue weighted by molar-refractivity contribution is 0.0377. The SMILES string of the molecule is CC(C)OC(=O)c1ccc(NC2=CC(=O)c3ccccc3C2=O)cc1. The smallest absolute Gasteiger partial charge is 0.338 e. The van der Waals surface area contributed by atoms with Gasteiger partial charge in [-0.25, -0.2) is 4.79 Å². The Balaban J connectivity index is 1.78. The Hall–Kier alpha value is -3.21. The highest BCUT2D eigenvalue weighted by Crippen LogP contribution is 2.23. The second kappa shape index (κ2) is 6.73. The van der Waals surface area contributed by atoms with Crippen LogP contribution in [0, 0.1) is 0 Å². The Morgan fingerprint density at radius 3 is 2.24 bits per heavy atom. The van der Waals surface area contributed by atoms with Gasteiger partial charge >= 0.3 is 5.97 Å². The summed E-state index contributed by atoms with van der Waals surface area (Å²) in [4.78, 5) is 36.5. The first-order chi connectivity index (χ1) is 12.0. The molecular weight excluding hydrogens is 318 g/mol. The molecule has 0 heterocycles. The molecule has 1 aliphatic rings. The van der Waals surface area contributed by atoms with Gasteiger partial charge in [-0.05, 0) is 38.1 Å². The summed E-state index contributed by atoms with van der Waals surface area (Å²) in [5, 5.41) is 2.95. The first kappa shape index (κ1) is 16.6. The molecule has 126 valence electrons. The molecule has 0 unspecified atom stereocenters. The molecule has 0 atom stereocenters. The average Bonchev–Trinajstić information content (AvgIpc) is 2.59. The Morgan fingerprint density at radius 2 is 1.60 bits per heavy atom. The first-order valence-electron chi connectivity index (χ1n) is 7.93. The lowest BCUT2D eigenvalue weighted by Crippen LogP contribution is -2.21. The van der Waals surface area contributed by atoms with E-state index in [1.807, 2.05) is 0 Å². The van der Waals surface area contributed by atoms with E-state index in [9.17, 15) is 14.4 Å². The summed E-state index contributed by atoms with van der Waals surface area (Å²) in [7, 11) is 0. The Kier molecular flexibility index (Phi) is 4.48. The molecule has 0 saturated carbocycles. The number of Topliss-reactive ketones (excluding diaryl/α,β-unsaturated/α-hetero) is 1. The first-order valence-corrected chi connectivity index (χ1v) is 7.93. The highest BCUT2D eigenvalue weighted by molar-refractivity contribution is 6.25. The van der Waals surface area contributed by atoms with Crippen LogP contribution in [0.4, 0.5) is 5.69 Å². The zero-order chi connectivity index (χ0) is 18.0. The molecule has 0 bridgehead atoms. The quantitative estimate of drug-likeness (QED) is 0.864. The zero-order valence-electron chi connectivity index (χ0n) is 13.9. The van der Waals surface area contributed by atoms with Crippen LogP contribution in [0.25, 0.3) is 0 Å². The van der Waals surface area contributed by atoms with E-state index >= 15 is 0 Å². The molecule has 0 spiro atoms. The predicted molar refractivity (Wildman–Crippen MR) is 93.8 cm³/mol. The summed E-state index contributed by atoms with van der Waals surface area (Å²) in [5.41, 5.74) is 2.03. The molecule has 1 aliphatic carbocycles. The van der Waals surface area contributed by atoms with Crippen molar-refractivity contribution in [1.82, 2.24) is 0 Å². The summed E-state index contributed by atoms with van der Waals surface area (Å²) in [6.45, 7) is 3.56. The number of rotatable bonds is 4. The van der Waals surface area contributed by atoms with E-state index in [1.165, 1.54) is 6.08 Å². The Labute approximate surface area is 145 Å². The molecule has 5 nitrogen and oxygen atoms in total. The minimum atomic E-state index is -0.404. The van der Waals surface area contributed by atoms with Crippen molar-refractivity contribution >= 4 is 23.2 Å². The number of nitrogens with one attached hydrogen (secondary N) is 1. The Bertz CT molecular complexity index is 879. The number of carbonyl (C=O) groups excluding carboxylic acids is 3. The van der Waals surface area contributed by atoms with Gasteiger partial charge in [-0.2, -0.15) is 0 Å². The molecule has 1 N–H and O–H groups in total. The monoisotopic (exact) mass is 335 g/mol. The van der Waals surface area contributed by atoms with Crippen LogP contribution in [0.5, 0.6) is 0 Å². The third-order valence-electron chi connectivity index (χ3n) is 3.70. The fourth-order valence-electron chi connectivity index (χ4n) is 2.54. The van der Waals surface area contributed by atoms with E-state index in [0.29, 0.717) is 22.4 Å². The summed E-state index contributed by atoms with van der Waals surface area (Å²) >= 11 is 0. The van der Waals surface area contributed by atoms with E-state index in [4.69, 9.17) is 4.74 Å². The molecule has 2 aromatic rings. The van der Waals surface area contributed by atoms with Crippen molar-refractivity contribution in [3.05, 3.63) is 77.0 Å². The third kappa shape index (κ3) is 3.50. The van der Waals surface area contributed by atoms with Crippen molar-refractivity contribution in [2.24, 2.45) is 0 Å². The van der Waals surface area contributed by atoms with Gasteiger partial charge in [-0.1, -0.05) is 24.3 Å². The van der Waals surface area contributed by atoms with Crippen LogP contribution in [0.15, 0.2) is 60.3 Å². The number of hydrogen-bond donors (Lipinski definition) is 1. The van der Waals surface area contributed by atoms with Gasteiger partial charge in [0.25, 0.3) is 0 Å². The van der Waals surface area contributed by atoms with Gasteiger partial charge in [-0.3, -0.25) is 9.59 Å². The number of hydrogen-bond acceptors (Lipinski definition) is 5. The van der Waals surface area contributed by atoms with Crippen molar-refractivity contribution in [3.63, 3.8) is 0 Å². The molecule has 3 rings (SSSR count). The van der Waals surface area contributed by atoms with Crippen molar-refractivity contribution in [2.75, 3.05) is 5.32 Å². The van der Waals surface area contributed by atoms with Gasteiger partial charge in [0, 0.05) is 22.9 Å². The molecule has 25 heavy (non-hydrogen) atoms. The number of allylic oxidation sites excluding steroid dienone is 2. The lowest BCUT2D eigenvalue weighted by atomic mass is 9.92. The van der Waals surface area contributed by atoms with Crippen LogP contribution in [0.2, 0.25) is 0 Å². The molecule has 2 aromatic carbocycles. The number of esters is 1. The van der Waals surface area contributed by atoms with Gasteiger partial charge in [0.05, 0.1) is 17.4 Å². The number of benzene rings is 2. The van der Waals surface area contributed by atoms with Crippen LogP contribution in [0.1, 0.15) is 44.9 Å². The van der Waals surface area contributed by atoms with Gasteiger partial charge in [-0.15, -0.1) is 0 Å². The standard InChI is InChI=1S/C20H17NO4/c1-12(2)25-20(24)13-7-9-14(10-8-13)21-17-11-18(22)15-5-3-4-6-16(15)19(17)23/h3-12,21H,1-2H3. The summed E-state index contributed by atoms with van der Waals surface area (Å²) in [5.74, 6) is -0.855. The van der Waals surface area contributed by atoms with Crippen molar-refractivity contribution in [3.8, 4) is 0 Å². The zero-order valence-corrected chi connectivity index (χ0v) is 13.9. The molecule has 0 aromatic heterocycles. The van der Waals surface area contributed by atoms with Crippen molar-refractivity contribution in [2.45, 2.75) is 20.0 Å². The van der Waals surface area contributed by atoms with E-state index in [2.05, 4.69) is 5.32 Å². The minimum absolute atomic E-state index is 0.193. The van der Waals surface area contributed by atoms with Crippen LogP contribution in [-0.4, -0.2) is 23.6 Å². The van der Waals surface area contributed by atoms with Crippen LogP contribution in [0.3, 0.4) is 0 Å². The number of carbonyl (C=O) groups is 3. The molecule has 0 aliphatic heterocycles. The maximum atomic E-state index is 12.5. The van der Waals surface area contributed by atoms with Crippen molar-refractivity contribution < 1.29 is 19.1 Å². The highest BCUT2D eigenvalue weighted by atomic mass is 16.5. The number of fused-ring (bicyclic) bond motifs is 1. The normalized spacial score (nSPS) is 13.3. The maximum Gasteiger partial charge on any atom is 0.338 e. The molecule has 0 fully saturated rings. The highest BCUT2D eigenvalue weighted by Gasteiger charge is 2.25. The maximum absolute atomic E-state index is 12.5. The van der Waals surface area contributed by atoms with Gasteiger partial charge in [0.15, 0.2) is 5.78 Å². The average molecular weight is 335 g/mol. The van der Waals surface area contributed by atoms with E-state index in [-0.39, 0.29) is 23.4 Å². The molecule has 5 heteroatoms. The van der Waals surface area contributed by atoms with Crippen LogP contribution >= 0.6 is 0 Å². The van der Waals surface area contributed by atoms with E-state index in [1.54, 1.807) is 62.4 Å². The van der Waals surface area contributed by atoms with Crippen LogP contribution < -0.4 is 5.32 Å².